The zero-order valence-corrected chi connectivity index (χ0v) is 21.1. The van der Waals surface area contributed by atoms with Crippen LogP contribution in [-0.2, 0) is 11.4 Å². The third-order valence-electron chi connectivity index (χ3n) is 5.92. The molecule has 0 aliphatic carbocycles. The molecule has 7 nitrogen and oxygen atoms in total. The Morgan fingerprint density at radius 1 is 1.08 bits per heavy atom. The van der Waals surface area contributed by atoms with Gasteiger partial charge in [0.2, 0.25) is 5.95 Å². The summed E-state index contributed by atoms with van der Waals surface area (Å²) in [6.45, 7) is 4.15. The topological polar surface area (TPSA) is 81.1 Å². The number of halogens is 2. The number of anilines is 2. The molecule has 1 amide bonds. The number of amides is 1. The van der Waals surface area contributed by atoms with E-state index >= 15 is 0 Å². The lowest BCUT2D eigenvalue weighted by Crippen LogP contribution is -2.31. The Morgan fingerprint density at radius 2 is 1.89 bits per heavy atom. The van der Waals surface area contributed by atoms with E-state index in [1.165, 1.54) is 6.33 Å². The summed E-state index contributed by atoms with van der Waals surface area (Å²) in [6.07, 6.45) is 1.47. The van der Waals surface area contributed by atoms with E-state index in [2.05, 4.69) is 20.7 Å². The Kier molecular flexibility index (Phi) is 6.67. The van der Waals surface area contributed by atoms with E-state index in [9.17, 15) is 4.79 Å². The number of hydrogen-bond donors (Lipinski definition) is 2. The lowest BCUT2D eigenvalue weighted by Gasteiger charge is -2.29. The van der Waals surface area contributed by atoms with Crippen LogP contribution in [0.5, 0.6) is 5.75 Å². The summed E-state index contributed by atoms with van der Waals surface area (Å²) in [4.78, 5) is 17.8. The van der Waals surface area contributed by atoms with E-state index in [1.54, 1.807) is 16.8 Å². The molecular formula is C27H23Cl2N5O2. The molecule has 0 saturated heterocycles. The first-order valence-corrected chi connectivity index (χ1v) is 12.1. The first kappa shape index (κ1) is 23.9. The third-order valence-corrected chi connectivity index (χ3v) is 6.51. The average Bonchev–Trinajstić information content (AvgIpc) is 3.31. The number of hydrogen-bond acceptors (Lipinski definition) is 5. The quantitative estimate of drug-likeness (QED) is 0.308. The highest BCUT2D eigenvalue weighted by Gasteiger charge is 2.33. The Hall–Kier alpha value is -3.81. The van der Waals surface area contributed by atoms with Crippen molar-refractivity contribution in [2.75, 3.05) is 10.6 Å². The monoisotopic (exact) mass is 519 g/mol. The van der Waals surface area contributed by atoms with Crippen molar-refractivity contribution >= 4 is 40.7 Å². The lowest BCUT2D eigenvalue weighted by molar-refractivity contribution is -0.113. The molecule has 0 spiro atoms. The van der Waals surface area contributed by atoms with Gasteiger partial charge in [0.1, 0.15) is 24.7 Å². The summed E-state index contributed by atoms with van der Waals surface area (Å²) in [7, 11) is 0. The molecule has 0 bridgehead atoms. The van der Waals surface area contributed by atoms with Gasteiger partial charge in [-0.05, 0) is 61.4 Å². The van der Waals surface area contributed by atoms with Gasteiger partial charge in [-0.25, -0.2) is 4.68 Å². The SMILES string of the molecule is CC1=C(C(=O)Nc2cccc(C)c2)C(c2ccc(OCc3ccc(Cl)cc3Cl)cc2)n2ncnc2N1. The van der Waals surface area contributed by atoms with Gasteiger partial charge in [0.15, 0.2) is 0 Å². The summed E-state index contributed by atoms with van der Waals surface area (Å²) in [5.41, 5.74) is 4.76. The van der Waals surface area contributed by atoms with E-state index in [-0.39, 0.29) is 5.91 Å². The van der Waals surface area contributed by atoms with E-state index in [0.29, 0.717) is 39.6 Å². The molecule has 0 saturated carbocycles. The van der Waals surface area contributed by atoms with Crippen LogP contribution in [0.1, 0.15) is 29.7 Å². The van der Waals surface area contributed by atoms with Crippen LogP contribution in [0.2, 0.25) is 10.0 Å². The molecule has 9 heteroatoms. The number of ether oxygens (including phenoxy) is 1. The zero-order chi connectivity index (χ0) is 25.2. The van der Waals surface area contributed by atoms with Gasteiger partial charge in [0.25, 0.3) is 5.91 Å². The molecule has 0 radical (unpaired) electrons. The summed E-state index contributed by atoms with van der Waals surface area (Å²) in [6, 6.07) is 20.1. The zero-order valence-electron chi connectivity index (χ0n) is 19.6. The molecule has 1 aromatic heterocycles. The Labute approximate surface area is 218 Å². The fourth-order valence-electron chi connectivity index (χ4n) is 4.16. The summed E-state index contributed by atoms with van der Waals surface area (Å²) < 4.78 is 7.64. The molecule has 2 heterocycles. The van der Waals surface area contributed by atoms with Crippen molar-refractivity contribution in [1.29, 1.82) is 0 Å². The molecule has 4 aromatic rings. The predicted octanol–water partition coefficient (Wildman–Crippen LogP) is 6.40. The van der Waals surface area contributed by atoms with Gasteiger partial charge in [-0.1, -0.05) is 53.5 Å². The standard InChI is InChI=1S/C27H23Cl2N5O2/c1-16-4-3-5-21(12-16)33-26(35)24-17(2)32-27-30-15-31-34(27)25(24)18-7-10-22(11-8-18)36-14-19-6-9-20(28)13-23(19)29/h3-13,15,25H,14H2,1-2H3,(H,33,35)(H,30,31,32). The van der Waals surface area contributed by atoms with Crippen LogP contribution in [0.4, 0.5) is 11.6 Å². The second-order valence-corrected chi connectivity index (χ2v) is 9.36. The Bertz CT molecular complexity index is 1460. The van der Waals surface area contributed by atoms with Crippen LogP contribution < -0.4 is 15.4 Å². The maximum absolute atomic E-state index is 13.5. The minimum atomic E-state index is -0.465. The number of rotatable bonds is 6. The van der Waals surface area contributed by atoms with Crippen molar-refractivity contribution in [2.24, 2.45) is 0 Å². The Morgan fingerprint density at radius 3 is 2.64 bits per heavy atom. The second kappa shape index (κ2) is 10.0. The second-order valence-electron chi connectivity index (χ2n) is 8.51. The first-order chi connectivity index (χ1) is 17.4. The Balaban J connectivity index is 1.40. The van der Waals surface area contributed by atoms with Crippen LogP contribution in [0.25, 0.3) is 0 Å². The molecule has 1 aliphatic rings. The number of aromatic nitrogens is 3. The molecule has 1 unspecified atom stereocenters. The fourth-order valence-corrected chi connectivity index (χ4v) is 4.62. The van der Waals surface area contributed by atoms with E-state index < -0.39 is 6.04 Å². The summed E-state index contributed by atoms with van der Waals surface area (Å²) in [5, 5.41) is 11.7. The predicted molar refractivity (Wildman–Crippen MR) is 142 cm³/mol. The number of aryl methyl sites for hydroxylation is 1. The number of nitrogens with one attached hydrogen (secondary N) is 2. The molecular weight excluding hydrogens is 497 g/mol. The van der Waals surface area contributed by atoms with Gasteiger partial charge in [0, 0.05) is 27.0 Å². The minimum Gasteiger partial charge on any atom is -0.489 e. The highest BCUT2D eigenvalue weighted by molar-refractivity contribution is 6.35. The number of allylic oxidation sites excluding steroid dienone is 1. The van der Waals surface area contributed by atoms with E-state index in [4.69, 9.17) is 27.9 Å². The van der Waals surface area contributed by atoms with Crippen molar-refractivity contribution < 1.29 is 9.53 Å². The molecule has 5 rings (SSSR count). The number of fused-ring (bicyclic) bond motifs is 1. The highest BCUT2D eigenvalue weighted by atomic mass is 35.5. The number of benzene rings is 3. The van der Waals surface area contributed by atoms with Crippen LogP contribution in [-0.4, -0.2) is 20.7 Å². The first-order valence-electron chi connectivity index (χ1n) is 11.3. The van der Waals surface area contributed by atoms with Gasteiger partial charge in [-0.2, -0.15) is 10.1 Å². The molecule has 182 valence electrons. The van der Waals surface area contributed by atoms with Crippen LogP contribution in [0.3, 0.4) is 0 Å². The molecule has 36 heavy (non-hydrogen) atoms. The minimum absolute atomic E-state index is 0.213. The fraction of sp³-hybridized carbons (Fsp3) is 0.148. The van der Waals surface area contributed by atoms with Crippen molar-refractivity contribution in [1.82, 2.24) is 14.8 Å². The maximum Gasteiger partial charge on any atom is 0.255 e. The van der Waals surface area contributed by atoms with Crippen LogP contribution >= 0.6 is 23.2 Å². The van der Waals surface area contributed by atoms with E-state index in [0.717, 1.165) is 22.4 Å². The molecule has 1 aliphatic heterocycles. The van der Waals surface area contributed by atoms with Crippen molar-refractivity contribution in [3.8, 4) is 5.75 Å². The van der Waals surface area contributed by atoms with Gasteiger partial charge >= 0.3 is 0 Å². The van der Waals surface area contributed by atoms with Crippen molar-refractivity contribution in [3.05, 3.63) is 111 Å². The molecule has 0 fully saturated rings. The number of carbonyl (C=O) groups excluding carboxylic acids is 1. The molecule has 2 N–H and O–H groups in total. The maximum atomic E-state index is 13.5. The van der Waals surface area contributed by atoms with Crippen molar-refractivity contribution in [3.63, 3.8) is 0 Å². The smallest absolute Gasteiger partial charge is 0.255 e. The summed E-state index contributed by atoms with van der Waals surface area (Å²) in [5.74, 6) is 1.03. The summed E-state index contributed by atoms with van der Waals surface area (Å²) >= 11 is 12.2. The number of carbonyl (C=O) groups is 1. The average molecular weight is 520 g/mol. The largest absolute Gasteiger partial charge is 0.489 e. The van der Waals surface area contributed by atoms with Crippen LogP contribution in [0.15, 0.2) is 84.3 Å². The third kappa shape index (κ3) is 4.94. The molecule has 3 aromatic carbocycles. The van der Waals surface area contributed by atoms with Gasteiger partial charge < -0.3 is 15.4 Å². The normalized spacial score (nSPS) is 14.7. The van der Waals surface area contributed by atoms with Gasteiger partial charge in [-0.15, -0.1) is 0 Å². The van der Waals surface area contributed by atoms with Crippen molar-refractivity contribution in [2.45, 2.75) is 26.5 Å². The molecule has 1 atom stereocenters. The number of nitrogens with zero attached hydrogens (tertiary/aromatic N) is 3. The highest BCUT2D eigenvalue weighted by Crippen LogP contribution is 2.36. The lowest BCUT2D eigenvalue weighted by atomic mass is 9.95. The van der Waals surface area contributed by atoms with Crippen LogP contribution in [0, 0.1) is 6.92 Å². The van der Waals surface area contributed by atoms with Gasteiger partial charge in [0.05, 0.1) is 5.57 Å². The van der Waals surface area contributed by atoms with E-state index in [1.807, 2.05) is 68.4 Å². The van der Waals surface area contributed by atoms with Gasteiger partial charge in [-0.3, -0.25) is 4.79 Å².